The number of carbonyl (C=O) groups is 1. The van der Waals surface area contributed by atoms with E-state index in [-0.39, 0.29) is 34.2 Å². The molecule has 5 nitrogen and oxygen atoms in total. The van der Waals surface area contributed by atoms with E-state index < -0.39 is 23.1 Å². The molecule has 1 saturated carbocycles. The number of nitriles is 1. The summed E-state index contributed by atoms with van der Waals surface area (Å²) < 4.78 is 21.9. The number of nitrogens with zero attached hydrogens (tertiary/aromatic N) is 2. The van der Waals surface area contributed by atoms with E-state index in [2.05, 4.69) is 6.07 Å². The van der Waals surface area contributed by atoms with E-state index in [9.17, 15) is 14.9 Å². The van der Waals surface area contributed by atoms with Gasteiger partial charge in [-0.05, 0) is 31.4 Å². The van der Waals surface area contributed by atoms with Crippen LogP contribution in [0.2, 0.25) is 5.02 Å². The number of fused-ring (bicyclic) bond motifs is 1. The van der Waals surface area contributed by atoms with E-state index in [1.807, 2.05) is 0 Å². The topological polar surface area (TPSA) is 72.1 Å². The largest absolute Gasteiger partial charge is 0.462 e. The van der Waals surface area contributed by atoms with Crippen LogP contribution < -0.4 is 5.43 Å². The number of esters is 1. The molecule has 1 heterocycles. The Balaban J connectivity index is 2.02. The maximum absolute atomic E-state index is 15.2. The molecule has 1 aromatic heterocycles. The fourth-order valence-corrected chi connectivity index (χ4v) is 4.07. The minimum Gasteiger partial charge on any atom is -0.462 e. The first-order valence-corrected chi connectivity index (χ1v) is 10.0. The maximum atomic E-state index is 15.2. The van der Waals surface area contributed by atoms with Crippen molar-refractivity contribution in [2.45, 2.75) is 31.7 Å². The van der Waals surface area contributed by atoms with E-state index in [1.54, 1.807) is 41.8 Å². The molecular weight excluding hydrogens is 407 g/mol. The number of aromatic nitrogens is 1. The predicted molar refractivity (Wildman–Crippen MR) is 111 cm³/mol. The molecule has 7 heteroatoms. The lowest BCUT2D eigenvalue weighted by Crippen LogP contribution is -2.21. The SMILES string of the molecule is CCOC(=O)c1cn(C2CC2)c2c(Cl)c(C(C#N)c3ccccc3)c(F)cc2c1=O. The fourth-order valence-electron chi connectivity index (χ4n) is 3.67. The first kappa shape index (κ1) is 20.1. The number of pyridine rings is 1. The Bertz CT molecular complexity index is 1240. The second-order valence-corrected chi connectivity index (χ2v) is 7.56. The number of carbonyl (C=O) groups excluding carboxylic acids is 1. The van der Waals surface area contributed by atoms with Crippen molar-refractivity contribution in [1.82, 2.24) is 4.57 Å². The molecule has 0 aliphatic heterocycles. The van der Waals surface area contributed by atoms with Gasteiger partial charge in [-0.1, -0.05) is 41.9 Å². The summed E-state index contributed by atoms with van der Waals surface area (Å²) in [4.78, 5) is 25.2. The maximum Gasteiger partial charge on any atom is 0.343 e. The van der Waals surface area contributed by atoms with Gasteiger partial charge in [0.2, 0.25) is 5.43 Å². The Kier molecular flexibility index (Phi) is 5.31. The Morgan fingerprint density at radius 2 is 2.07 bits per heavy atom. The van der Waals surface area contributed by atoms with E-state index in [0.717, 1.165) is 18.9 Å². The number of hydrogen-bond donors (Lipinski definition) is 0. The second kappa shape index (κ2) is 7.92. The van der Waals surface area contributed by atoms with Crippen LogP contribution in [-0.2, 0) is 4.74 Å². The zero-order valence-electron chi connectivity index (χ0n) is 16.2. The van der Waals surface area contributed by atoms with Gasteiger partial charge in [-0.3, -0.25) is 4.79 Å². The molecule has 152 valence electrons. The van der Waals surface area contributed by atoms with Crippen LogP contribution in [0.1, 0.15) is 53.2 Å². The van der Waals surface area contributed by atoms with Crippen LogP contribution in [0.15, 0.2) is 47.4 Å². The van der Waals surface area contributed by atoms with Gasteiger partial charge < -0.3 is 9.30 Å². The zero-order valence-corrected chi connectivity index (χ0v) is 16.9. The van der Waals surface area contributed by atoms with Crippen molar-refractivity contribution in [2.24, 2.45) is 0 Å². The van der Waals surface area contributed by atoms with E-state index in [0.29, 0.717) is 11.1 Å². The quantitative estimate of drug-likeness (QED) is 0.542. The molecule has 1 aliphatic rings. The highest BCUT2D eigenvalue weighted by molar-refractivity contribution is 6.36. The smallest absolute Gasteiger partial charge is 0.343 e. The first-order chi connectivity index (χ1) is 14.5. The lowest BCUT2D eigenvalue weighted by molar-refractivity contribution is 0.0524. The zero-order chi connectivity index (χ0) is 21.4. The Hall–Kier alpha value is -3.17. The molecule has 1 atom stereocenters. The fraction of sp³-hybridized carbons (Fsp3) is 0.261. The molecule has 2 aromatic carbocycles. The van der Waals surface area contributed by atoms with Gasteiger partial charge in [-0.25, -0.2) is 9.18 Å². The molecule has 0 amide bonds. The Morgan fingerprint density at radius 3 is 2.67 bits per heavy atom. The van der Waals surface area contributed by atoms with Crippen molar-refractivity contribution in [1.29, 1.82) is 5.26 Å². The summed E-state index contributed by atoms with van der Waals surface area (Å²) in [6.45, 7) is 1.77. The third kappa shape index (κ3) is 3.35. The van der Waals surface area contributed by atoms with Crippen LogP contribution >= 0.6 is 11.6 Å². The number of hydrogen-bond acceptors (Lipinski definition) is 4. The first-order valence-electron chi connectivity index (χ1n) is 9.66. The van der Waals surface area contributed by atoms with Gasteiger partial charge in [0.1, 0.15) is 17.3 Å². The molecule has 0 radical (unpaired) electrons. The minimum absolute atomic E-state index is 0.00320. The molecule has 1 fully saturated rings. The van der Waals surface area contributed by atoms with Crippen LogP contribution in [-0.4, -0.2) is 17.1 Å². The average Bonchev–Trinajstić information content (AvgIpc) is 3.58. The van der Waals surface area contributed by atoms with E-state index in [1.165, 1.54) is 6.20 Å². The molecule has 1 unspecified atom stereocenters. The normalized spacial score (nSPS) is 14.3. The molecule has 0 N–H and O–H groups in total. The Morgan fingerprint density at radius 1 is 1.37 bits per heavy atom. The molecule has 1 aliphatic carbocycles. The number of rotatable bonds is 5. The number of ether oxygens (including phenoxy) is 1. The summed E-state index contributed by atoms with van der Waals surface area (Å²) >= 11 is 6.65. The molecule has 4 rings (SSSR count). The van der Waals surface area contributed by atoms with Crippen molar-refractivity contribution in [3.8, 4) is 6.07 Å². The molecule has 30 heavy (non-hydrogen) atoms. The van der Waals surface area contributed by atoms with Crippen LogP contribution in [0.5, 0.6) is 0 Å². The molecule has 0 bridgehead atoms. The average molecular weight is 425 g/mol. The number of halogens is 2. The summed E-state index contributed by atoms with van der Waals surface area (Å²) in [7, 11) is 0. The summed E-state index contributed by atoms with van der Waals surface area (Å²) in [6, 6.07) is 12.0. The molecule has 0 saturated heterocycles. The summed E-state index contributed by atoms with van der Waals surface area (Å²) in [5.41, 5.74) is 0.171. The van der Waals surface area contributed by atoms with Gasteiger partial charge in [0, 0.05) is 17.8 Å². The van der Waals surface area contributed by atoms with Gasteiger partial charge >= 0.3 is 5.97 Å². The third-order valence-corrected chi connectivity index (χ3v) is 5.61. The van der Waals surface area contributed by atoms with Gasteiger partial charge in [0.15, 0.2) is 0 Å². The summed E-state index contributed by atoms with van der Waals surface area (Å²) in [5.74, 6) is -2.45. The summed E-state index contributed by atoms with van der Waals surface area (Å²) in [5, 5.41) is 9.79. The standard InChI is InChI=1S/C23H18ClFN2O3/c1-2-30-23(29)17-12-27(14-8-9-14)21-15(22(17)28)10-18(25)19(20(21)24)16(11-26)13-6-4-3-5-7-13/h3-7,10,12,14,16H,2,8-9H2,1H3. The van der Waals surface area contributed by atoms with Crippen molar-refractivity contribution < 1.29 is 13.9 Å². The second-order valence-electron chi connectivity index (χ2n) is 7.19. The van der Waals surface area contributed by atoms with Crippen molar-refractivity contribution in [3.05, 3.63) is 80.3 Å². The number of benzene rings is 2. The highest BCUT2D eigenvalue weighted by Gasteiger charge is 2.31. The molecule has 3 aromatic rings. The van der Waals surface area contributed by atoms with Gasteiger partial charge in [0.25, 0.3) is 0 Å². The van der Waals surface area contributed by atoms with Crippen LogP contribution in [0, 0.1) is 17.1 Å². The van der Waals surface area contributed by atoms with Gasteiger partial charge in [-0.15, -0.1) is 0 Å². The monoisotopic (exact) mass is 424 g/mol. The van der Waals surface area contributed by atoms with Gasteiger partial charge in [0.05, 0.1) is 28.6 Å². The predicted octanol–water partition coefficient (Wildman–Crippen LogP) is 4.96. The molecular formula is C23H18ClFN2O3. The lowest BCUT2D eigenvalue weighted by Gasteiger charge is -2.19. The van der Waals surface area contributed by atoms with Crippen molar-refractivity contribution in [3.63, 3.8) is 0 Å². The Labute approximate surface area is 177 Å². The van der Waals surface area contributed by atoms with E-state index >= 15 is 4.39 Å². The highest BCUT2D eigenvalue weighted by atomic mass is 35.5. The summed E-state index contributed by atoms with van der Waals surface area (Å²) in [6.07, 6.45) is 3.14. The van der Waals surface area contributed by atoms with E-state index in [4.69, 9.17) is 16.3 Å². The third-order valence-electron chi connectivity index (χ3n) is 5.23. The molecule has 0 spiro atoms. The van der Waals surface area contributed by atoms with Crippen LogP contribution in [0.3, 0.4) is 0 Å². The lowest BCUT2D eigenvalue weighted by atomic mass is 9.91. The van der Waals surface area contributed by atoms with Crippen LogP contribution in [0.4, 0.5) is 4.39 Å². The van der Waals surface area contributed by atoms with Crippen molar-refractivity contribution in [2.75, 3.05) is 6.61 Å². The van der Waals surface area contributed by atoms with Gasteiger partial charge in [-0.2, -0.15) is 5.26 Å². The van der Waals surface area contributed by atoms with Crippen molar-refractivity contribution >= 4 is 28.5 Å². The van der Waals surface area contributed by atoms with Crippen LogP contribution in [0.25, 0.3) is 10.9 Å². The highest BCUT2D eigenvalue weighted by Crippen LogP contribution is 2.42. The minimum atomic E-state index is -0.935.